The third kappa shape index (κ3) is 23.3. The number of carboxylic acid groups (broad SMARTS) is 1. The number of esters is 1. The van der Waals surface area contributed by atoms with Crippen molar-refractivity contribution < 1.29 is 108 Å². The summed E-state index contributed by atoms with van der Waals surface area (Å²) < 4.78 is 90.9. The molecule has 10 heterocycles. The van der Waals surface area contributed by atoms with Crippen molar-refractivity contribution in [3.05, 3.63) is 225 Å². The molecule has 31 nitrogen and oxygen atoms in total. The Labute approximate surface area is 753 Å². The standard InChI is InChI=1S/C19H22BNO6.C17H21BN2O4.C17H22BNO4.C16H20BNO4.C11H9BrN2O2.C10H6BrNO3/c1-6-24-17(23)16(22)14-11-15(25-21-14)12-7-9-13(10-8-12)20-26-18(2,3)19(4,5)27-20;1-16(2)17(3,4)24-18(23-16)12-8-6-11(7-9-12)14-10-13(20-22-14)15(21)19-5;1-16(2)17(3,4)23-18(22-16)13-8-6-12(7-9-13)15-10-14(11-20-5)19-21-15;1-15(2)16(3,4)22-17(21-15)12-7-5-11(6-8-12)14-9-13(10-19)18-20-14;1-13-11(15)9-6-10(16-14-9)7-2-4-8(12)5-3-7;11-7-3-1-6(2-4-7)9-5-8(10(13)14)12-15-9/h7-11H,6H2,1-5H3;6-10H,1-5H3,(H,19,21);6-10H,11H2,1-5H3;5-9,19H,10H2,1-4H3;2-6H,1H3,(H,13,15);1-5H,(H,13,14). The number of carboxylic acids is 1. The topological polar surface area (TPSA) is 398 Å². The highest BCUT2D eigenvalue weighted by Gasteiger charge is 2.55. The van der Waals surface area contributed by atoms with E-state index in [1.54, 1.807) is 46.3 Å². The first-order valence-electron chi connectivity index (χ1n) is 40.5. The minimum Gasteiger partial charge on any atom is -0.476 e. The van der Waals surface area contributed by atoms with Crippen molar-refractivity contribution in [2.45, 2.75) is 176 Å². The van der Waals surface area contributed by atoms with E-state index in [9.17, 15) is 24.0 Å². The van der Waals surface area contributed by atoms with Crippen molar-refractivity contribution in [3.63, 3.8) is 0 Å². The van der Waals surface area contributed by atoms with Crippen molar-refractivity contribution >= 4 is 112 Å². The van der Waals surface area contributed by atoms with Gasteiger partial charge >= 0.3 is 40.4 Å². The Bertz CT molecular complexity index is 5690. The molecule has 4 fully saturated rings. The maximum Gasteiger partial charge on any atom is 0.494 e. The molecule has 6 aromatic carbocycles. The molecular formula is C90H100B4Br2N8O23. The first-order valence-corrected chi connectivity index (χ1v) is 42.1. The van der Waals surface area contributed by atoms with Crippen molar-refractivity contribution in [2.75, 3.05) is 27.8 Å². The highest BCUT2D eigenvalue weighted by molar-refractivity contribution is 9.10. The highest BCUT2D eigenvalue weighted by Crippen LogP contribution is 2.41. The molecule has 127 heavy (non-hydrogen) atoms. The molecule has 2 amide bonds. The summed E-state index contributed by atoms with van der Waals surface area (Å²) in [7, 11) is 3.15. The molecule has 0 bridgehead atoms. The lowest BCUT2D eigenvalue weighted by molar-refractivity contribution is -0.137. The van der Waals surface area contributed by atoms with Crippen molar-refractivity contribution in [3.8, 4) is 67.9 Å². The quantitative estimate of drug-likeness (QED) is 0.0253. The van der Waals surface area contributed by atoms with Gasteiger partial charge < -0.3 is 94.7 Å². The number of halogens is 2. The third-order valence-electron chi connectivity index (χ3n) is 22.6. The average Bonchev–Trinajstić information content (AvgIpc) is 1.64. The van der Waals surface area contributed by atoms with Crippen LogP contribution in [0.15, 0.2) is 218 Å². The summed E-state index contributed by atoms with van der Waals surface area (Å²) in [5, 5.41) is 45.0. The zero-order valence-electron chi connectivity index (χ0n) is 74.2. The Morgan fingerprint density at radius 3 is 0.843 bits per heavy atom. The average molecular weight is 1860 g/mol. The first-order chi connectivity index (χ1) is 59.9. The van der Waals surface area contributed by atoms with Gasteiger partial charge in [-0.1, -0.05) is 184 Å². The number of hydrogen-bond acceptors (Lipinski definition) is 28. The normalized spacial score (nSPS) is 16.7. The Balaban J connectivity index is 0.000000149. The molecule has 0 radical (unpaired) electrons. The van der Waals surface area contributed by atoms with E-state index in [-0.39, 0.29) is 95.6 Å². The smallest absolute Gasteiger partial charge is 0.476 e. The highest BCUT2D eigenvalue weighted by atomic mass is 79.9. The molecule has 0 saturated carbocycles. The summed E-state index contributed by atoms with van der Waals surface area (Å²) in [6.07, 6.45) is 0. The van der Waals surface area contributed by atoms with Gasteiger partial charge in [-0.3, -0.25) is 14.4 Å². The summed E-state index contributed by atoms with van der Waals surface area (Å²) in [4.78, 5) is 56.8. The number of aliphatic hydroxyl groups is 1. The van der Waals surface area contributed by atoms with Gasteiger partial charge in [-0.15, -0.1) is 0 Å². The van der Waals surface area contributed by atoms with Crippen LogP contribution in [0.4, 0.5) is 0 Å². The van der Waals surface area contributed by atoms with Gasteiger partial charge in [-0.2, -0.15) is 0 Å². The minimum absolute atomic E-state index is 0.0847. The van der Waals surface area contributed by atoms with E-state index in [0.717, 1.165) is 70.1 Å². The van der Waals surface area contributed by atoms with Gasteiger partial charge in [0.15, 0.2) is 57.3 Å². The van der Waals surface area contributed by atoms with Crippen LogP contribution in [0.3, 0.4) is 0 Å². The van der Waals surface area contributed by atoms with E-state index in [1.165, 1.54) is 12.1 Å². The number of hydrogen-bond donors (Lipinski definition) is 4. The number of aliphatic hydroxyl groups excluding tert-OH is 1. The number of aromatic carboxylic acids is 1. The summed E-state index contributed by atoms with van der Waals surface area (Å²) in [5.41, 5.74) is 7.54. The number of methoxy groups -OCH3 is 1. The fourth-order valence-electron chi connectivity index (χ4n) is 12.2. The van der Waals surface area contributed by atoms with Gasteiger partial charge in [0.25, 0.3) is 17.6 Å². The van der Waals surface area contributed by atoms with Crippen LogP contribution in [0.25, 0.3) is 67.9 Å². The van der Waals surface area contributed by atoms with Crippen LogP contribution in [0.5, 0.6) is 0 Å². The zero-order valence-corrected chi connectivity index (χ0v) is 77.3. The number of benzene rings is 6. The zero-order chi connectivity index (χ0) is 92.4. The predicted octanol–water partition coefficient (Wildman–Crippen LogP) is 14.6. The van der Waals surface area contributed by atoms with Crippen LogP contribution in [0, 0.1) is 0 Å². The van der Waals surface area contributed by atoms with Crippen molar-refractivity contribution in [2.24, 2.45) is 0 Å². The van der Waals surface area contributed by atoms with E-state index in [4.69, 9.17) is 79.3 Å². The van der Waals surface area contributed by atoms with Crippen LogP contribution >= 0.6 is 31.9 Å². The fraction of sp³-hybridized carbons (Fsp3) is 0.344. The van der Waals surface area contributed by atoms with E-state index < -0.39 is 43.2 Å². The predicted molar refractivity (Wildman–Crippen MR) is 481 cm³/mol. The lowest BCUT2D eigenvalue weighted by Crippen LogP contribution is -2.41. The molecule has 0 aliphatic carbocycles. The Hall–Kier alpha value is -11.1. The van der Waals surface area contributed by atoms with E-state index in [1.807, 2.05) is 262 Å². The molecule has 4 N–H and O–H groups in total. The molecule has 16 rings (SSSR count). The number of amides is 2. The van der Waals surface area contributed by atoms with Gasteiger partial charge in [-0.05, 0) is 164 Å². The van der Waals surface area contributed by atoms with Crippen LogP contribution in [-0.2, 0) is 64.7 Å². The molecule has 0 atom stereocenters. The van der Waals surface area contributed by atoms with Gasteiger partial charge in [-0.25, -0.2) is 9.59 Å². The number of Topliss-reactive ketones (excluding diaryl/α,β-unsaturated/α-hetero) is 1. The fourth-order valence-corrected chi connectivity index (χ4v) is 12.7. The lowest BCUT2D eigenvalue weighted by Gasteiger charge is -2.32. The Morgan fingerprint density at radius 1 is 0.354 bits per heavy atom. The molecule has 4 aliphatic rings. The minimum atomic E-state index is -1.10. The molecule has 6 aromatic heterocycles. The van der Waals surface area contributed by atoms with Gasteiger partial charge in [0.2, 0.25) is 0 Å². The molecule has 0 spiro atoms. The molecule has 12 aromatic rings. The van der Waals surface area contributed by atoms with Crippen LogP contribution in [0.2, 0.25) is 0 Å². The maximum atomic E-state index is 11.9. The molecule has 4 aliphatic heterocycles. The monoisotopic (exact) mass is 1860 g/mol. The number of aromatic nitrogens is 6. The summed E-state index contributed by atoms with van der Waals surface area (Å²) in [5.74, 6) is -0.132. The van der Waals surface area contributed by atoms with E-state index >= 15 is 0 Å². The van der Waals surface area contributed by atoms with Crippen LogP contribution in [0.1, 0.15) is 171 Å². The summed E-state index contributed by atoms with van der Waals surface area (Å²) in [6.45, 7) is 34.5. The lowest BCUT2D eigenvalue weighted by atomic mass is 9.79. The summed E-state index contributed by atoms with van der Waals surface area (Å²) >= 11 is 6.65. The number of carbonyl (C=O) groups is 5. The van der Waals surface area contributed by atoms with Crippen LogP contribution < -0.4 is 32.5 Å². The Morgan fingerprint density at radius 2 is 0.591 bits per heavy atom. The molecule has 4 saturated heterocycles. The van der Waals surface area contributed by atoms with Crippen molar-refractivity contribution in [1.82, 2.24) is 41.6 Å². The molecular weight excluding hydrogens is 1760 g/mol. The number of ketones is 1. The van der Waals surface area contributed by atoms with Gasteiger partial charge in [0.1, 0.15) is 11.4 Å². The van der Waals surface area contributed by atoms with E-state index in [0.29, 0.717) is 46.7 Å². The van der Waals surface area contributed by atoms with Gasteiger partial charge in [0.05, 0.1) is 64.6 Å². The SMILES string of the molecule is CC1(C)OB(c2ccc(-c3cc(CO)no3)cc2)OC1(C)C.CCOC(=O)C(=O)c1cc(-c2ccc(B3OC(C)(C)C(C)(C)O3)cc2)on1.CNC(=O)c1cc(-c2ccc(B3OC(C)(C)C(C)(C)O3)cc2)on1.CNC(=O)c1cc(-c2ccc(Br)cc2)on1.COCc1cc(-c2ccc(B3OC(C)(C)C(C)(C)O3)cc2)on1.O=C(O)c1cc(-c2ccc(Br)cc2)on1. The number of carbonyl (C=O) groups excluding carboxylic acids is 4. The Kier molecular flexibility index (Phi) is 30.5. The second kappa shape index (κ2) is 40.1. The summed E-state index contributed by atoms with van der Waals surface area (Å²) in [6, 6.07) is 55.3. The van der Waals surface area contributed by atoms with Crippen molar-refractivity contribution in [1.29, 1.82) is 0 Å². The number of nitrogens with zero attached hydrogens (tertiary/aromatic N) is 6. The largest absolute Gasteiger partial charge is 0.494 e. The second-order valence-electron chi connectivity index (χ2n) is 33.6. The maximum absolute atomic E-state index is 11.9. The molecule has 0 unspecified atom stereocenters. The second-order valence-corrected chi connectivity index (χ2v) is 35.5. The molecule has 37 heteroatoms. The first kappa shape index (κ1) is 96.6. The third-order valence-corrected chi connectivity index (χ3v) is 23.6. The van der Waals surface area contributed by atoms with E-state index in [2.05, 4.69) is 78.2 Å². The molecule has 664 valence electrons. The number of ether oxygens (including phenoxy) is 2. The number of nitrogens with one attached hydrogen (secondary N) is 2. The van der Waals surface area contributed by atoms with Gasteiger partial charge in [0, 0.05) is 99.9 Å². The number of rotatable bonds is 19. The van der Waals surface area contributed by atoms with Crippen LogP contribution in [-0.4, -0.2) is 172 Å².